The Kier molecular flexibility index (Phi) is 4.74. The molecule has 0 spiro atoms. The first-order valence-corrected chi connectivity index (χ1v) is 7.31. The molecule has 1 aromatic rings. The van der Waals surface area contributed by atoms with Crippen molar-refractivity contribution in [1.29, 1.82) is 0 Å². The molecule has 1 aromatic carbocycles. The van der Waals surface area contributed by atoms with Crippen LogP contribution < -0.4 is 5.32 Å². The van der Waals surface area contributed by atoms with Crippen LogP contribution in [0.1, 0.15) is 32.4 Å². The van der Waals surface area contributed by atoms with Gasteiger partial charge in [-0.15, -0.1) is 0 Å². The van der Waals surface area contributed by atoms with Crippen molar-refractivity contribution in [2.24, 2.45) is 0 Å². The lowest BCUT2D eigenvalue weighted by Gasteiger charge is -2.37. The zero-order valence-corrected chi connectivity index (χ0v) is 13.2. The highest BCUT2D eigenvalue weighted by molar-refractivity contribution is 6.31. The molecule has 21 heavy (non-hydrogen) atoms. The fraction of sp³-hybridized carbons (Fsp3) is 0.533. The maximum atomic E-state index is 13.5. The summed E-state index contributed by atoms with van der Waals surface area (Å²) in [4.78, 5) is 13.9. The van der Waals surface area contributed by atoms with E-state index in [2.05, 4.69) is 5.32 Å². The molecule has 116 valence electrons. The van der Waals surface area contributed by atoms with Gasteiger partial charge in [0.05, 0.1) is 6.04 Å². The third kappa shape index (κ3) is 4.08. The Labute approximate surface area is 129 Å². The number of nitrogens with zero attached hydrogens (tertiary/aromatic N) is 1. The molecule has 0 bridgehead atoms. The third-order valence-corrected chi connectivity index (χ3v) is 3.53. The molecule has 0 saturated carbocycles. The van der Waals surface area contributed by atoms with Gasteiger partial charge in [0.1, 0.15) is 11.4 Å². The Hall–Kier alpha value is -1.33. The maximum Gasteiger partial charge on any atom is 0.410 e. The number of carbonyl (C=O) groups excluding carboxylic acids is 1. The molecule has 1 heterocycles. The van der Waals surface area contributed by atoms with Crippen LogP contribution in [0.15, 0.2) is 18.2 Å². The molecule has 1 aliphatic heterocycles. The smallest absolute Gasteiger partial charge is 0.410 e. The summed E-state index contributed by atoms with van der Waals surface area (Å²) < 4.78 is 18.9. The van der Waals surface area contributed by atoms with Gasteiger partial charge >= 0.3 is 6.09 Å². The first-order valence-electron chi connectivity index (χ1n) is 6.93. The van der Waals surface area contributed by atoms with Gasteiger partial charge in [0.25, 0.3) is 0 Å². The number of hydrogen-bond acceptors (Lipinski definition) is 3. The molecular weight excluding hydrogens is 295 g/mol. The molecule has 6 heteroatoms. The first-order chi connectivity index (χ1) is 9.78. The minimum absolute atomic E-state index is 0.336. The Bertz CT molecular complexity index is 531. The molecule has 1 fully saturated rings. The van der Waals surface area contributed by atoms with E-state index < -0.39 is 11.7 Å². The van der Waals surface area contributed by atoms with E-state index in [1.807, 2.05) is 20.8 Å². The van der Waals surface area contributed by atoms with Gasteiger partial charge in [0.15, 0.2) is 0 Å². The van der Waals surface area contributed by atoms with Crippen molar-refractivity contribution >= 4 is 17.7 Å². The molecule has 2 rings (SSSR count). The number of amides is 1. The van der Waals surface area contributed by atoms with E-state index in [1.165, 1.54) is 18.2 Å². The van der Waals surface area contributed by atoms with E-state index in [-0.39, 0.29) is 11.9 Å². The topological polar surface area (TPSA) is 41.6 Å². The molecule has 1 amide bonds. The molecule has 1 unspecified atom stereocenters. The lowest BCUT2D eigenvalue weighted by atomic mass is 10.0. The zero-order chi connectivity index (χ0) is 15.6. The van der Waals surface area contributed by atoms with Crippen LogP contribution in [0.3, 0.4) is 0 Å². The summed E-state index contributed by atoms with van der Waals surface area (Å²) in [6, 6.07) is 3.85. The number of hydrogen-bond donors (Lipinski definition) is 1. The third-order valence-electron chi connectivity index (χ3n) is 3.19. The van der Waals surface area contributed by atoms with E-state index in [1.54, 1.807) is 4.90 Å². The Balaban J connectivity index is 2.27. The van der Waals surface area contributed by atoms with Crippen LogP contribution in [0, 0.1) is 5.82 Å². The standard InChI is InChI=1S/C15H20ClFN2O2/c1-15(2,3)21-14(20)19-7-6-18-9-13(19)11-8-10(17)4-5-12(11)16/h4-5,8,13,18H,6-7,9H2,1-3H3. The summed E-state index contributed by atoms with van der Waals surface area (Å²) in [5.41, 5.74) is 0.0211. The van der Waals surface area contributed by atoms with Crippen LogP contribution >= 0.6 is 11.6 Å². The number of nitrogens with one attached hydrogen (secondary N) is 1. The van der Waals surface area contributed by atoms with Crippen LogP contribution in [0.5, 0.6) is 0 Å². The molecule has 4 nitrogen and oxygen atoms in total. The number of benzene rings is 1. The van der Waals surface area contributed by atoms with Crippen LogP contribution in [0.4, 0.5) is 9.18 Å². The van der Waals surface area contributed by atoms with Gasteiger partial charge in [-0.2, -0.15) is 0 Å². The normalized spacial score (nSPS) is 19.5. The predicted octanol–water partition coefficient (Wildman–Crippen LogP) is 3.36. The van der Waals surface area contributed by atoms with Crippen molar-refractivity contribution in [3.8, 4) is 0 Å². The van der Waals surface area contributed by atoms with E-state index in [4.69, 9.17) is 16.3 Å². The van der Waals surface area contributed by atoms with Crippen LogP contribution in [0.2, 0.25) is 5.02 Å². The Morgan fingerprint density at radius 1 is 1.48 bits per heavy atom. The lowest BCUT2D eigenvalue weighted by Crippen LogP contribution is -2.50. The van der Waals surface area contributed by atoms with Crippen LogP contribution in [-0.2, 0) is 4.74 Å². The second kappa shape index (κ2) is 6.20. The molecule has 1 atom stereocenters. The van der Waals surface area contributed by atoms with Crippen LogP contribution in [0.25, 0.3) is 0 Å². The van der Waals surface area contributed by atoms with Crippen molar-refractivity contribution in [2.45, 2.75) is 32.4 Å². The van der Waals surface area contributed by atoms with E-state index in [0.717, 1.165) is 0 Å². The zero-order valence-electron chi connectivity index (χ0n) is 12.5. The molecular formula is C15H20ClFN2O2. The monoisotopic (exact) mass is 314 g/mol. The van der Waals surface area contributed by atoms with Crippen molar-refractivity contribution < 1.29 is 13.9 Å². The fourth-order valence-corrected chi connectivity index (χ4v) is 2.53. The Morgan fingerprint density at radius 2 is 2.19 bits per heavy atom. The van der Waals surface area contributed by atoms with Gasteiger partial charge in [-0.3, -0.25) is 4.90 Å². The number of ether oxygens (including phenoxy) is 1. The van der Waals surface area contributed by atoms with Gasteiger partial charge in [-0.25, -0.2) is 9.18 Å². The SMILES string of the molecule is CC(C)(C)OC(=O)N1CCNCC1c1cc(F)ccc1Cl. The Morgan fingerprint density at radius 3 is 2.86 bits per heavy atom. The maximum absolute atomic E-state index is 13.5. The minimum Gasteiger partial charge on any atom is -0.444 e. The summed E-state index contributed by atoms with van der Waals surface area (Å²) >= 11 is 6.16. The molecule has 0 aliphatic carbocycles. The second-order valence-corrected chi connectivity index (χ2v) is 6.47. The van der Waals surface area contributed by atoms with Gasteiger partial charge < -0.3 is 10.1 Å². The average molecular weight is 315 g/mol. The van der Waals surface area contributed by atoms with Crippen molar-refractivity contribution in [3.05, 3.63) is 34.6 Å². The van der Waals surface area contributed by atoms with Gasteiger partial charge in [-0.05, 0) is 44.5 Å². The van der Waals surface area contributed by atoms with Crippen molar-refractivity contribution in [2.75, 3.05) is 19.6 Å². The predicted molar refractivity (Wildman–Crippen MR) is 80.0 cm³/mol. The van der Waals surface area contributed by atoms with E-state index in [0.29, 0.717) is 30.2 Å². The van der Waals surface area contributed by atoms with E-state index >= 15 is 0 Å². The first kappa shape index (κ1) is 16.0. The highest BCUT2D eigenvalue weighted by atomic mass is 35.5. The van der Waals surface area contributed by atoms with Gasteiger partial charge in [0.2, 0.25) is 0 Å². The number of halogens is 2. The van der Waals surface area contributed by atoms with Crippen LogP contribution in [-0.4, -0.2) is 36.2 Å². The summed E-state index contributed by atoms with van der Waals surface area (Å²) in [5.74, 6) is -0.371. The molecule has 0 radical (unpaired) electrons. The van der Waals surface area contributed by atoms with Crippen molar-refractivity contribution in [3.63, 3.8) is 0 Å². The summed E-state index contributed by atoms with van der Waals surface area (Å²) in [7, 11) is 0. The summed E-state index contributed by atoms with van der Waals surface area (Å²) in [6.45, 7) is 7.13. The molecule has 0 aromatic heterocycles. The molecule has 1 N–H and O–H groups in total. The number of piperazine rings is 1. The number of rotatable bonds is 1. The second-order valence-electron chi connectivity index (χ2n) is 6.06. The van der Waals surface area contributed by atoms with Crippen molar-refractivity contribution in [1.82, 2.24) is 10.2 Å². The fourth-order valence-electron chi connectivity index (χ4n) is 2.29. The van der Waals surface area contributed by atoms with E-state index in [9.17, 15) is 9.18 Å². The highest BCUT2D eigenvalue weighted by Gasteiger charge is 2.32. The average Bonchev–Trinajstić information content (AvgIpc) is 2.39. The molecule has 1 aliphatic rings. The largest absolute Gasteiger partial charge is 0.444 e. The van der Waals surface area contributed by atoms with Gasteiger partial charge in [0, 0.05) is 24.7 Å². The van der Waals surface area contributed by atoms with Gasteiger partial charge in [-0.1, -0.05) is 11.6 Å². The lowest BCUT2D eigenvalue weighted by molar-refractivity contribution is 0.0118. The quantitative estimate of drug-likeness (QED) is 0.864. The summed E-state index contributed by atoms with van der Waals surface area (Å²) in [5, 5.41) is 3.64. The highest BCUT2D eigenvalue weighted by Crippen LogP contribution is 2.30. The minimum atomic E-state index is -0.571. The number of carbonyl (C=O) groups is 1. The molecule has 1 saturated heterocycles. The summed E-state index contributed by atoms with van der Waals surface area (Å²) in [6.07, 6.45) is -0.408.